The minimum absolute atomic E-state index is 0.260. The molecule has 4 bridgehead atoms. The Balaban J connectivity index is 1.04. The van der Waals surface area contributed by atoms with Crippen LogP contribution < -0.4 is 0 Å². The van der Waals surface area contributed by atoms with Crippen LogP contribution in [0.2, 0.25) is 0 Å². The van der Waals surface area contributed by atoms with Crippen molar-refractivity contribution in [2.75, 3.05) is 13.2 Å². The molecule has 8 rings (SSSR count). The van der Waals surface area contributed by atoms with E-state index in [9.17, 15) is 0 Å². The van der Waals surface area contributed by atoms with Crippen LogP contribution in [0.1, 0.15) is 67.2 Å². The third-order valence-electron chi connectivity index (χ3n) is 11.0. The maximum Gasteiger partial charge on any atom is 0.108 e. The first kappa shape index (κ1) is 19.1. The van der Waals surface area contributed by atoms with Gasteiger partial charge >= 0.3 is 0 Å². The molecule has 0 aromatic rings. The molecule has 8 unspecified atom stereocenters. The Bertz CT molecular complexity index is 741. The van der Waals surface area contributed by atoms with Crippen molar-refractivity contribution in [2.45, 2.75) is 91.6 Å². The van der Waals surface area contributed by atoms with Gasteiger partial charge in [-0.2, -0.15) is 0 Å². The molecule has 0 radical (unpaired) electrons. The van der Waals surface area contributed by atoms with Gasteiger partial charge in [0.15, 0.2) is 0 Å². The molecule has 2 heterocycles. The van der Waals surface area contributed by atoms with E-state index < -0.39 is 0 Å². The van der Waals surface area contributed by atoms with Gasteiger partial charge in [-0.15, -0.1) is 0 Å². The van der Waals surface area contributed by atoms with Crippen LogP contribution in [0.3, 0.4) is 0 Å². The monoisotopic (exact) mass is 398 g/mol. The summed E-state index contributed by atoms with van der Waals surface area (Å²) >= 11 is 0. The second kappa shape index (κ2) is 5.58. The SMILES string of the molecule is CC1=CCC2CC1(C1OC1COCC1OC1C13CC(CC=C1C)C3(C)C)C2(C)C. The van der Waals surface area contributed by atoms with E-state index in [1.165, 1.54) is 25.7 Å². The van der Waals surface area contributed by atoms with Gasteiger partial charge in [0, 0.05) is 10.8 Å². The first-order valence-electron chi connectivity index (χ1n) is 11.9. The Kier molecular flexibility index (Phi) is 3.67. The Labute approximate surface area is 176 Å². The number of fused-ring (bicyclic) bond motifs is 2. The van der Waals surface area contributed by atoms with Gasteiger partial charge in [-0.05, 0) is 62.2 Å². The van der Waals surface area contributed by atoms with E-state index in [2.05, 4.69) is 53.7 Å². The zero-order chi connectivity index (χ0) is 20.4. The molecule has 8 aliphatic rings. The molecule has 0 N–H and O–H groups in total. The van der Waals surface area contributed by atoms with Crippen LogP contribution in [0.4, 0.5) is 0 Å². The molecule has 3 nitrogen and oxygen atoms in total. The predicted octanol–water partition coefficient (Wildman–Crippen LogP) is 5.30. The molecule has 29 heavy (non-hydrogen) atoms. The number of hydrogen-bond acceptors (Lipinski definition) is 3. The summed E-state index contributed by atoms with van der Waals surface area (Å²) in [7, 11) is 0. The van der Waals surface area contributed by atoms with Crippen LogP contribution in [0.5, 0.6) is 0 Å². The van der Waals surface area contributed by atoms with Gasteiger partial charge in [0.1, 0.15) is 12.2 Å². The van der Waals surface area contributed by atoms with Crippen molar-refractivity contribution in [1.29, 1.82) is 0 Å². The van der Waals surface area contributed by atoms with Crippen LogP contribution in [0.15, 0.2) is 23.3 Å². The molecule has 0 aromatic carbocycles. The molecule has 3 heteroatoms. The minimum Gasteiger partial charge on any atom is -0.376 e. The van der Waals surface area contributed by atoms with Gasteiger partial charge in [0.2, 0.25) is 0 Å². The smallest absolute Gasteiger partial charge is 0.108 e. The van der Waals surface area contributed by atoms with E-state index in [0.29, 0.717) is 23.0 Å². The summed E-state index contributed by atoms with van der Waals surface area (Å²) in [6.07, 6.45) is 11.3. The summed E-state index contributed by atoms with van der Waals surface area (Å²) in [5.41, 5.74) is 4.37. The van der Waals surface area contributed by atoms with E-state index in [1.807, 2.05) is 0 Å². The van der Waals surface area contributed by atoms with Gasteiger partial charge in [-0.3, -0.25) is 0 Å². The average molecular weight is 399 g/mol. The molecular formula is C26H38O3. The first-order chi connectivity index (χ1) is 13.7. The Morgan fingerprint density at radius 1 is 0.793 bits per heavy atom. The highest BCUT2D eigenvalue weighted by atomic mass is 16.6. The fraction of sp³-hybridized carbons (Fsp3) is 0.846. The van der Waals surface area contributed by atoms with Crippen LogP contribution in [0.25, 0.3) is 0 Å². The second-order valence-electron chi connectivity index (χ2n) is 12.2. The van der Waals surface area contributed by atoms with Gasteiger partial charge in [-0.25, -0.2) is 0 Å². The molecule has 4 fully saturated rings. The number of allylic oxidation sites excluding steroid dienone is 2. The molecule has 8 atom stereocenters. The Morgan fingerprint density at radius 2 is 1.21 bits per heavy atom. The molecule has 2 aliphatic heterocycles. The van der Waals surface area contributed by atoms with E-state index in [-0.39, 0.29) is 23.0 Å². The normalized spacial score (nSPS) is 52.6. The van der Waals surface area contributed by atoms with Gasteiger partial charge < -0.3 is 14.2 Å². The maximum atomic E-state index is 6.21. The Morgan fingerprint density at radius 3 is 1.55 bits per heavy atom. The lowest BCUT2D eigenvalue weighted by Gasteiger charge is -2.65. The van der Waals surface area contributed by atoms with Crippen LogP contribution >= 0.6 is 0 Å². The summed E-state index contributed by atoms with van der Waals surface area (Å²) in [4.78, 5) is 0. The van der Waals surface area contributed by atoms with Crippen molar-refractivity contribution < 1.29 is 14.2 Å². The zero-order valence-electron chi connectivity index (χ0n) is 19.1. The summed E-state index contributed by atoms with van der Waals surface area (Å²) in [5, 5.41) is 0. The highest BCUT2D eigenvalue weighted by molar-refractivity contribution is 5.35. The van der Waals surface area contributed by atoms with E-state index >= 15 is 0 Å². The molecule has 0 amide bonds. The van der Waals surface area contributed by atoms with Crippen molar-refractivity contribution in [3.63, 3.8) is 0 Å². The van der Waals surface area contributed by atoms with E-state index in [4.69, 9.17) is 14.2 Å². The van der Waals surface area contributed by atoms with Crippen molar-refractivity contribution >= 4 is 0 Å². The molecular weight excluding hydrogens is 360 g/mol. The topological polar surface area (TPSA) is 34.3 Å². The molecule has 6 aliphatic carbocycles. The fourth-order valence-electron chi connectivity index (χ4n) is 8.50. The minimum atomic E-state index is 0.260. The maximum absolute atomic E-state index is 6.21. The van der Waals surface area contributed by atoms with Crippen molar-refractivity contribution in [3.8, 4) is 0 Å². The van der Waals surface area contributed by atoms with Gasteiger partial charge in [0.05, 0.1) is 25.4 Å². The summed E-state index contributed by atoms with van der Waals surface area (Å²) in [6.45, 7) is 15.9. The number of rotatable bonds is 6. The highest BCUT2D eigenvalue weighted by Gasteiger charge is 2.72. The van der Waals surface area contributed by atoms with Gasteiger partial charge in [-0.1, -0.05) is 51.0 Å². The standard InChI is InChI=1S/C26H38O3/c1-15-7-9-17-11-25(15,23(17,3)4)21-19(28-21)13-27-14-20-22(29-20)26-12-18(24(26,5)6)10-8-16(26)2/h7-8,17-22H,9-14H2,1-6H3. The van der Waals surface area contributed by atoms with Crippen molar-refractivity contribution in [3.05, 3.63) is 23.3 Å². The fourth-order valence-corrected chi connectivity index (χ4v) is 8.50. The summed E-state index contributed by atoms with van der Waals surface area (Å²) in [5.74, 6) is 1.66. The third-order valence-corrected chi connectivity index (χ3v) is 11.0. The number of epoxide rings is 2. The quantitative estimate of drug-likeness (QED) is 0.450. The van der Waals surface area contributed by atoms with Crippen molar-refractivity contribution in [2.24, 2.45) is 33.5 Å². The predicted molar refractivity (Wildman–Crippen MR) is 114 cm³/mol. The van der Waals surface area contributed by atoms with E-state index in [1.54, 1.807) is 11.1 Å². The number of hydrogen-bond donors (Lipinski definition) is 0. The first-order valence-corrected chi connectivity index (χ1v) is 11.9. The lowest BCUT2D eigenvalue weighted by molar-refractivity contribution is -0.118. The lowest BCUT2D eigenvalue weighted by Crippen LogP contribution is -2.61. The van der Waals surface area contributed by atoms with E-state index in [0.717, 1.165) is 25.0 Å². The molecule has 2 saturated carbocycles. The zero-order valence-corrected chi connectivity index (χ0v) is 19.1. The average Bonchev–Trinajstić information content (AvgIpc) is 3.58. The van der Waals surface area contributed by atoms with Gasteiger partial charge in [0.25, 0.3) is 0 Å². The molecule has 160 valence electrons. The lowest BCUT2D eigenvalue weighted by atomic mass is 9.38. The molecule has 2 saturated heterocycles. The Hall–Kier alpha value is -0.640. The van der Waals surface area contributed by atoms with Crippen LogP contribution in [-0.4, -0.2) is 37.6 Å². The third kappa shape index (κ3) is 2.11. The molecule has 0 spiro atoms. The summed E-state index contributed by atoms with van der Waals surface area (Å²) in [6, 6.07) is 0. The number of ether oxygens (including phenoxy) is 3. The molecule has 0 aromatic heterocycles. The summed E-state index contributed by atoms with van der Waals surface area (Å²) < 4.78 is 18.6. The van der Waals surface area contributed by atoms with Crippen molar-refractivity contribution in [1.82, 2.24) is 0 Å². The second-order valence-corrected chi connectivity index (χ2v) is 12.2. The largest absolute Gasteiger partial charge is 0.376 e. The van der Waals surface area contributed by atoms with Crippen LogP contribution in [-0.2, 0) is 14.2 Å². The highest BCUT2D eigenvalue weighted by Crippen LogP contribution is 2.73. The van der Waals surface area contributed by atoms with Crippen LogP contribution in [0, 0.1) is 33.5 Å².